The van der Waals surface area contributed by atoms with Crippen LogP contribution in [0.1, 0.15) is 42.5 Å². The van der Waals surface area contributed by atoms with Crippen LogP contribution in [-0.2, 0) is 12.6 Å². The Kier molecular flexibility index (Phi) is 7.26. The summed E-state index contributed by atoms with van der Waals surface area (Å²) in [5.41, 5.74) is 0.799. The summed E-state index contributed by atoms with van der Waals surface area (Å²) >= 11 is 0. The SMILES string of the molecule is CCNC(=NCC(C)(O)c1cc(C)oc1C)NCC(c1cnn(C)c1)N(C)C. The molecule has 0 amide bonds. The maximum atomic E-state index is 10.9. The molecule has 2 aromatic rings. The number of likely N-dealkylation sites (N-methyl/N-ethyl adjacent to an activating group) is 1. The molecule has 8 nitrogen and oxygen atoms in total. The number of nitrogens with one attached hydrogen (secondary N) is 2. The van der Waals surface area contributed by atoms with Crippen molar-refractivity contribution in [3.63, 3.8) is 0 Å². The van der Waals surface area contributed by atoms with Gasteiger partial charge in [-0.1, -0.05) is 0 Å². The second-order valence-electron chi connectivity index (χ2n) is 7.60. The number of hydrogen-bond acceptors (Lipinski definition) is 5. The first-order chi connectivity index (χ1) is 13.1. The fraction of sp³-hybridized carbons (Fsp3) is 0.600. The fourth-order valence-corrected chi connectivity index (χ4v) is 3.23. The van der Waals surface area contributed by atoms with Gasteiger partial charge in [-0.3, -0.25) is 4.68 Å². The monoisotopic (exact) mass is 390 g/mol. The van der Waals surface area contributed by atoms with Crippen LogP contribution in [-0.4, -0.2) is 59.5 Å². The molecule has 0 saturated carbocycles. The Bertz CT molecular complexity index is 790. The molecular formula is C20H34N6O2. The zero-order valence-electron chi connectivity index (χ0n) is 18.1. The molecule has 28 heavy (non-hydrogen) atoms. The minimum Gasteiger partial charge on any atom is -0.466 e. The Labute approximate surface area is 167 Å². The molecule has 0 aliphatic rings. The van der Waals surface area contributed by atoms with Crippen LogP contribution < -0.4 is 10.6 Å². The van der Waals surface area contributed by atoms with E-state index in [4.69, 9.17) is 4.42 Å². The topological polar surface area (TPSA) is 90.9 Å². The lowest BCUT2D eigenvalue weighted by Gasteiger charge is -2.25. The van der Waals surface area contributed by atoms with Crippen LogP contribution >= 0.6 is 0 Å². The second kappa shape index (κ2) is 9.25. The average Bonchev–Trinajstić information content (AvgIpc) is 3.18. The van der Waals surface area contributed by atoms with Gasteiger partial charge in [-0.2, -0.15) is 5.10 Å². The third-order valence-electron chi connectivity index (χ3n) is 4.71. The van der Waals surface area contributed by atoms with E-state index in [0.29, 0.717) is 12.5 Å². The molecule has 2 unspecified atom stereocenters. The molecule has 2 heterocycles. The van der Waals surface area contributed by atoms with Crippen molar-refractivity contribution < 1.29 is 9.52 Å². The Balaban J connectivity index is 2.10. The van der Waals surface area contributed by atoms with Crippen molar-refractivity contribution in [1.82, 2.24) is 25.3 Å². The zero-order chi connectivity index (χ0) is 20.9. The van der Waals surface area contributed by atoms with Crippen LogP contribution in [0.25, 0.3) is 0 Å². The quantitative estimate of drug-likeness (QED) is 0.469. The number of rotatable bonds is 8. The van der Waals surface area contributed by atoms with E-state index in [0.717, 1.165) is 29.2 Å². The summed E-state index contributed by atoms with van der Waals surface area (Å²) in [5, 5.41) is 21.8. The summed E-state index contributed by atoms with van der Waals surface area (Å²) in [7, 11) is 5.99. The van der Waals surface area contributed by atoms with Gasteiger partial charge < -0.3 is 25.1 Å². The number of hydrogen-bond donors (Lipinski definition) is 3. The number of aromatic nitrogens is 2. The van der Waals surface area contributed by atoms with Crippen LogP contribution in [0, 0.1) is 13.8 Å². The van der Waals surface area contributed by atoms with E-state index in [-0.39, 0.29) is 12.6 Å². The largest absolute Gasteiger partial charge is 0.466 e. The number of aryl methyl sites for hydroxylation is 3. The van der Waals surface area contributed by atoms with E-state index in [9.17, 15) is 5.11 Å². The summed E-state index contributed by atoms with van der Waals surface area (Å²) in [6.07, 6.45) is 3.90. The highest BCUT2D eigenvalue weighted by Crippen LogP contribution is 2.27. The molecule has 0 saturated heterocycles. The van der Waals surface area contributed by atoms with E-state index in [1.807, 2.05) is 60.4 Å². The third-order valence-corrected chi connectivity index (χ3v) is 4.71. The number of nitrogens with zero attached hydrogens (tertiary/aromatic N) is 4. The van der Waals surface area contributed by atoms with Gasteiger partial charge in [0.25, 0.3) is 0 Å². The van der Waals surface area contributed by atoms with E-state index >= 15 is 0 Å². The summed E-state index contributed by atoms with van der Waals surface area (Å²) in [6.45, 7) is 9.13. The summed E-state index contributed by atoms with van der Waals surface area (Å²) in [5.74, 6) is 2.17. The van der Waals surface area contributed by atoms with Gasteiger partial charge in [0.2, 0.25) is 0 Å². The van der Waals surface area contributed by atoms with Crippen LogP contribution in [0.5, 0.6) is 0 Å². The number of aliphatic imine (C=N–C) groups is 1. The third kappa shape index (κ3) is 5.59. The van der Waals surface area contributed by atoms with Gasteiger partial charge in [0, 0.05) is 37.5 Å². The van der Waals surface area contributed by atoms with Gasteiger partial charge in [-0.05, 0) is 47.9 Å². The van der Waals surface area contributed by atoms with Crippen molar-refractivity contribution in [2.24, 2.45) is 12.0 Å². The highest BCUT2D eigenvalue weighted by Gasteiger charge is 2.27. The van der Waals surface area contributed by atoms with Crippen molar-refractivity contribution in [3.8, 4) is 0 Å². The normalized spacial score (nSPS) is 15.5. The molecule has 0 aliphatic heterocycles. The van der Waals surface area contributed by atoms with Crippen molar-refractivity contribution in [3.05, 3.63) is 41.1 Å². The standard InChI is InChI=1S/C20H34N6O2/c1-8-21-19(22-11-18(25(5)6)16-10-24-26(7)12-16)23-13-20(4,27)17-9-14(2)28-15(17)3/h9-10,12,18,27H,8,11,13H2,1-7H3,(H2,21,22,23). The van der Waals surface area contributed by atoms with Gasteiger partial charge in [-0.15, -0.1) is 0 Å². The average molecular weight is 391 g/mol. The first kappa shape index (κ1) is 22.0. The predicted octanol–water partition coefficient (Wildman–Crippen LogP) is 1.70. The van der Waals surface area contributed by atoms with Crippen molar-refractivity contribution in [2.45, 2.75) is 39.3 Å². The molecule has 0 fully saturated rings. The molecule has 8 heteroatoms. The lowest BCUT2D eigenvalue weighted by atomic mass is 9.96. The van der Waals surface area contributed by atoms with Crippen LogP contribution in [0.4, 0.5) is 0 Å². The molecule has 3 N–H and O–H groups in total. The molecule has 0 bridgehead atoms. The van der Waals surface area contributed by atoms with E-state index in [1.165, 1.54) is 0 Å². The fourth-order valence-electron chi connectivity index (χ4n) is 3.23. The highest BCUT2D eigenvalue weighted by molar-refractivity contribution is 5.79. The maximum Gasteiger partial charge on any atom is 0.191 e. The smallest absolute Gasteiger partial charge is 0.191 e. The molecule has 2 atom stereocenters. The molecule has 0 spiro atoms. The number of aliphatic hydroxyl groups is 1. The molecular weight excluding hydrogens is 356 g/mol. The minimum absolute atomic E-state index is 0.150. The summed E-state index contributed by atoms with van der Waals surface area (Å²) in [6, 6.07) is 2.02. The van der Waals surface area contributed by atoms with E-state index < -0.39 is 5.60 Å². The highest BCUT2D eigenvalue weighted by atomic mass is 16.3. The van der Waals surface area contributed by atoms with Gasteiger partial charge in [0.05, 0.1) is 18.8 Å². The minimum atomic E-state index is -1.10. The van der Waals surface area contributed by atoms with Crippen LogP contribution in [0.15, 0.2) is 27.9 Å². The first-order valence-electron chi connectivity index (χ1n) is 9.61. The summed E-state index contributed by atoms with van der Waals surface area (Å²) in [4.78, 5) is 6.75. The van der Waals surface area contributed by atoms with E-state index in [1.54, 1.807) is 11.6 Å². The Morgan fingerprint density at radius 2 is 2.11 bits per heavy atom. The van der Waals surface area contributed by atoms with Gasteiger partial charge in [0.15, 0.2) is 5.96 Å². The van der Waals surface area contributed by atoms with Gasteiger partial charge >= 0.3 is 0 Å². The van der Waals surface area contributed by atoms with E-state index in [2.05, 4.69) is 25.6 Å². The van der Waals surface area contributed by atoms with Crippen molar-refractivity contribution in [2.75, 3.05) is 33.7 Å². The molecule has 2 aromatic heterocycles. The number of furan rings is 1. The Morgan fingerprint density at radius 3 is 2.61 bits per heavy atom. The van der Waals surface area contributed by atoms with Crippen molar-refractivity contribution >= 4 is 5.96 Å². The number of guanidine groups is 1. The lowest BCUT2D eigenvalue weighted by molar-refractivity contribution is 0.0657. The molecule has 156 valence electrons. The van der Waals surface area contributed by atoms with Gasteiger partial charge in [-0.25, -0.2) is 4.99 Å². The predicted molar refractivity (Wildman–Crippen MR) is 111 cm³/mol. The summed E-state index contributed by atoms with van der Waals surface area (Å²) < 4.78 is 7.36. The van der Waals surface area contributed by atoms with Gasteiger partial charge in [0.1, 0.15) is 17.1 Å². The lowest BCUT2D eigenvalue weighted by Crippen LogP contribution is -2.42. The molecule has 2 rings (SSSR count). The van der Waals surface area contributed by atoms with Crippen LogP contribution in [0.2, 0.25) is 0 Å². The second-order valence-corrected chi connectivity index (χ2v) is 7.60. The van der Waals surface area contributed by atoms with Crippen molar-refractivity contribution in [1.29, 1.82) is 0 Å². The first-order valence-corrected chi connectivity index (χ1v) is 9.61. The zero-order valence-corrected chi connectivity index (χ0v) is 18.1. The Morgan fingerprint density at radius 1 is 1.39 bits per heavy atom. The molecule has 0 radical (unpaired) electrons. The van der Waals surface area contributed by atoms with Crippen LogP contribution in [0.3, 0.4) is 0 Å². The maximum absolute atomic E-state index is 10.9. The molecule has 0 aliphatic carbocycles. The Hall–Kier alpha value is -2.32. The molecule has 0 aromatic carbocycles.